The Morgan fingerprint density at radius 2 is 2.29 bits per heavy atom. The Hall–Kier alpha value is -1.65. The molecule has 1 aromatic heterocycles. The van der Waals surface area contributed by atoms with Gasteiger partial charge < -0.3 is 10.0 Å². The van der Waals surface area contributed by atoms with Gasteiger partial charge in [0.25, 0.3) is 5.91 Å². The zero-order valence-corrected chi connectivity index (χ0v) is 12.4. The van der Waals surface area contributed by atoms with E-state index in [0.717, 1.165) is 24.8 Å². The third kappa shape index (κ3) is 2.74. The van der Waals surface area contributed by atoms with Gasteiger partial charge in [-0.15, -0.1) is 0 Å². The highest BCUT2D eigenvalue weighted by molar-refractivity contribution is 6.36. The fourth-order valence-electron chi connectivity index (χ4n) is 2.88. The van der Waals surface area contributed by atoms with E-state index >= 15 is 0 Å². The summed E-state index contributed by atoms with van der Waals surface area (Å²) in [5.74, 6) is 0.141. The normalized spacial score (nSPS) is 19.0. The number of rotatable bonds is 2. The highest BCUT2D eigenvalue weighted by Crippen LogP contribution is 2.27. The Morgan fingerprint density at radius 1 is 1.43 bits per heavy atom. The number of fused-ring (bicyclic) bond motifs is 1. The summed E-state index contributed by atoms with van der Waals surface area (Å²) in [6, 6.07) is 7.16. The predicted octanol–water partition coefficient (Wildman–Crippen LogP) is 2.73. The molecule has 0 aliphatic carbocycles. The number of halogens is 1. The molecule has 1 aromatic carbocycles. The first-order valence-electron chi connectivity index (χ1n) is 7.14. The molecular formula is C16H17ClN2O2. The fraction of sp³-hybridized carbons (Fsp3) is 0.375. The molecule has 1 N–H and O–H groups in total. The third-order valence-corrected chi connectivity index (χ3v) is 4.34. The number of benzene rings is 1. The van der Waals surface area contributed by atoms with Crippen molar-refractivity contribution in [2.24, 2.45) is 5.92 Å². The molecule has 0 spiro atoms. The second-order valence-corrected chi connectivity index (χ2v) is 5.84. The highest BCUT2D eigenvalue weighted by Gasteiger charge is 2.25. The molecule has 21 heavy (non-hydrogen) atoms. The average molecular weight is 305 g/mol. The van der Waals surface area contributed by atoms with Crippen molar-refractivity contribution >= 4 is 28.4 Å². The Balaban J connectivity index is 1.96. The van der Waals surface area contributed by atoms with Gasteiger partial charge in [0.1, 0.15) is 0 Å². The van der Waals surface area contributed by atoms with Crippen LogP contribution in [0, 0.1) is 5.92 Å². The summed E-state index contributed by atoms with van der Waals surface area (Å²) in [5, 5.41) is 10.7. The maximum absolute atomic E-state index is 12.7. The van der Waals surface area contributed by atoms with Gasteiger partial charge in [0.2, 0.25) is 0 Å². The van der Waals surface area contributed by atoms with Crippen molar-refractivity contribution in [2.45, 2.75) is 12.8 Å². The van der Waals surface area contributed by atoms with Gasteiger partial charge in [0, 0.05) is 31.3 Å². The van der Waals surface area contributed by atoms with E-state index < -0.39 is 0 Å². The molecule has 0 saturated carbocycles. The molecule has 1 atom stereocenters. The van der Waals surface area contributed by atoms with Crippen LogP contribution in [0.3, 0.4) is 0 Å². The summed E-state index contributed by atoms with van der Waals surface area (Å²) in [5.41, 5.74) is 1.22. The van der Waals surface area contributed by atoms with Gasteiger partial charge in [0.05, 0.1) is 16.1 Å². The quantitative estimate of drug-likeness (QED) is 0.928. The number of pyridine rings is 1. The second-order valence-electron chi connectivity index (χ2n) is 5.44. The summed E-state index contributed by atoms with van der Waals surface area (Å²) in [4.78, 5) is 18.9. The number of piperidine rings is 1. The largest absolute Gasteiger partial charge is 0.396 e. The molecule has 2 aromatic rings. The average Bonchev–Trinajstić information content (AvgIpc) is 2.55. The number of carbonyl (C=O) groups is 1. The molecule has 1 unspecified atom stereocenters. The number of nitrogens with zero attached hydrogens (tertiary/aromatic N) is 2. The van der Waals surface area contributed by atoms with Crippen molar-refractivity contribution in [3.8, 4) is 0 Å². The Labute approximate surface area is 128 Å². The lowest BCUT2D eigenvalue weighted by Crippen LogP contribution is -2.41. The van der Waals surface area contributed by atoms with Crippen LogP contribution >= 0.6 is 11.6 Å². The molecule has 0 radical (unpaired) electrons. The Morgan fingerprint density at radius 3 is 3.10 bits per heavy atom. The number of hydrogen-bond donors (Lipinski definition) is 1. The van der Waals surface area contributed by atoms with Gasteiger partial charge in [-0.05, 0) is 43.0 Å². The van der Waals surface area contributed by atoms with E-state index in [2.05, 4.69) is 4.98 Å². The molecule has 3 rings (SSSR count). The minimum Gasteiger partial charge on any atom is -0.396 e. The molecule has 5 heteroatoms. The van der Waals surface area contributed by atoms with Gasteiger partial charge in [-0.1, -0.05) is 11.6 Å². The van der Waals surface area contributed by atoms with Crippen LogP contribution in [0.5, 0.6) is 0 Å². The smallest absolute Gasteiger partial charge is 0.256 e. The standard InChI is InChI=1S/C16H17ClN2O2/c17-14-6-5-13(15-12(14)4-1-7-18-15)16(21)19-8-2-3-11(9-19)10-20/h1,4-7,11,20H,2-3,8-10H2. The van der Waals surface area contributed by atoms with Gasteiger partial charge in [-0.3, -0.25) is 9.78 Å². The van der Waals surface area contributed by atoms with E-state index in [1.807, 2.05) is 17.0 Å². The maximum atomic E-state index is 12.7. The van der Waals surface area contributed by atoms with Crippen LogP contribution in [0.1, 0.15) is 23.2 Å². The summed E-state index contributed by atoms with van der Waals surface area (Å²) in [6.45, 7) is 1.46. The molecule has 1 aliphatic heterocycles. The summed E-state index contributed by atoms with van der Waals surface area (Å²) in [6.07, 6.45) is 3.57. The van der Waals surface area contributed by atoms with Gasteiger partial charge in [-0.2, -0.15) is 0 Å². The number of aliphatic hydroxyl groups excluding tert-OH is 1. The van der Waals surface area contributed by atoms with E-state index in [-0.39, 0.29) is 18.4 Å². The molecule has 0 bridgehead atoms. The van der Waals surface area contributed by atoms with Crippen LogP contribution in [0.25, 0.3) is 10.9 Å². The molecule has 1 amide bonds. The molecule has 1 fully saturated rings. The fourth-order valence-corrected chi connectivity index (χ4v) is 3.09. The van der Waals surface area contributed by atoms with E-state index in [1.54, 1.807) is 18.3 Å². The predicted molar refractivity (Wildman–Crippen MR) is 82.5 cm³/mol. The molecular weight excluding hydrogens is 288 g/mol. The van der Waals surface area contributed by atoms with Crippen LogP contribution in [0.2, 0.25) is 5.02 Å². The number of hydrogen-bond acceptors (Lipinski definition) is 3. The minimum atomic E-state index is -0.0338. The topological polar surface area (TPSA) is 53.4 Å². The van der Waals surface area contributed by atoms with Crippen molar-refractivity contribution in [1.82, 2.24) is 9.88 Å². The number of aromatic nitrogens is 1. The minimum absolute atomic E-state index is 0.0338. The van der Waals surface area contributed by atoms with E-state index in [9.17, 15) is 9.90 Å². The van der Waals surface area contributed by atoms with Gasteiger partial charge >= 0.3 is 0 Å². The van der Waals surface area contributed by atoms with Crippen LogP contribution in [-0.4, -0.2) is 40.6 Å². The second kappa shape index (κ2) is 6.00. The SMILES string of the molecule is O=C(c1ccc(Cl)c2cccnc12)N1CCCC(CO)C1. The lowest BCUT2D eigenvalue weighted by molar-refractivity contribution is 0.0622. The van der Waals surface area contributed by atoms with E-state index in [1.165, 1.54) is 0 Å². The summed E-state index contributed by atoms with van der Waals surface area (Å²) < 4.78 is 0. The van der Waals surface area contributed by atoms with Crippen LogP contribution in [-0.2, 0) is 0 Å². The number of likely N-dealkylation sites (tertiary alicyclic amines) is 1. The first-order chi connectivity index (χ1) is 10.2. The van der Waals surface area contributed by atoms with Crippen molar-refractivity contribution in [1.29, 1.82) is 0 Å². The van der Waals surface area contributed by atoms with Crippen molar-refractivity contribution < 1.29 is 9.90 Å². The van der Waals surface area contributed by atoms with Gasteiger partial charge in [-0.25, -0.2) is 0 Å². The highest BCUT2D eigenvalue weighted by atomic mass is 35.5. The first-order valence-corrected chi connectivity index (χ1v) is 7.52. The Bertz CT molecular complexity index is 674. The number of carbonyl (C=O) groups excluding carboxylic acids is 1. The molecule has 1 aliphatic rings. The van der Waals surface area contributed by atoms with Crippen LogP contribution < -0.4 is 0 Å². The van der Waals surface area contributed by atoms with Crippen molar-refractivity contribution in [3.05, 3.63) is 41.0 Å². The molecule has 2 heterocycles. The molecule has 1 saturated heterocycles. The van der Waals surface area contributed by atoms with Crippen molar-refractivity contribution in [3.63, 3.8) is 0 Å². The van der Waals surface area contributed by atoms with Crippen LogP contribution in [0.15, 0.2) is 30.5 Å². The molecule has 110 valence electrons. The monoisotopic (exact) mass is 304 g/mol. The Kier molecular flexibility index (Phi) is 4.08. The number of amides is 1. The van der Waals surface area contributed by atoms with E-state index in [0.29, 0.717) is 22.6 Å². The van der Waals surface area contributed by atoms with E-state index in [4.69, 9.17) is 11.6 Å². The zero-order chi connectivity index (χ0) is 14.8. The summed E-state index contributed by atoms with van der Waals surface area (Å²) in [7, 11) is 0. The zero-order valence-electron chi connectivity index (χ0n) is 11.6. The summed E-state index contributed by atoms with van der Waals surface area (Å²) >= 11 is 6.17. The third-order valence-electron chi connectivity index (χ3n) is 4.01. The first kappa shape index (κ1) is 14.3. The maximum Gasteiger partial charge on any atom is 0.256 e. The van der Waals surface area contributed by atoms with Crippen LogP contribution in [0.4, 0.5) is 0 Å². The van der Waals surface area contributed by atoms with Crippen molar-refractivity contribution in [2.75, 3.05) is 19.7 Å². The number of aliphatic hydroxyl groups is 1. The van der Waals surface area contributed by atoms with Gasteiger partial charge in [0.15, 0.2) is 0 Å². The lowest BCUT2D eigenvalue weighted by Gasteiger charge is -2.32. The molecule has 4 nitrogen and oxygen atoms in total. The lowest BCUT2D eigenvalue weighted by atomic mass is 9.98.